The van der Waals surface area contributed by atoms with Gasteiger partial charge in [0.15, 0.2) is 0 Å². The van der Waals surface area contributed by atoms with Gasteiger partial charge in [-0.3, -0.25) is 0 Å². The molecule has 0 amide bonds. The normalized spacial score (nSPS) is 12.0. The van der Waals surface area contributed by atoms with Crippen molar-refractivity contribution in [3.8, 4) is 5.69 Å². The second-order valence-electron chi connectivity index (χ2n) is 7.90. The fourth-order valence-corrected chi connectivity index (χ4v) is 5.05. The van der Waals surface area contributed by atoms with E-state index < -0.39 is 0 Å². The maximum Gasteiger partial charge on any atom is 0.0548 e. The number of benzene rings is 5. The van der Waals surface area contributed by atoms with Crippen LogP contribution in [-0.4, -0.2) is 9.55 Å². The van der Waals surface area contributed by atoms with Crippen LogP contribution < -0.4 is 0 Å². The fourth-order valence-electron chi connectivity index (χ4n) is 5.05. The summed E-state index contributed by atoms with van der Waals surface area (Å²) in [6.07, 6.45) is 0. The molecule has 0 saturated heterocycles. The first-order chi connectivity index (χ1) is 14.9. The van der Waals surface area contributed by atoms with Crippen LogP contribution in [0.5, 0.6) is 0 Å². The molecule has 0 aliphatic heterocycles. The Morgan fingerprint density at radius 3 is 2.17 bits per heavy atom. The number of aromatic nitrogens is 2. The quantitative estimate of drug-likeness (QED) is 0.302. The van der Waals surface area contributed by atoms with E-state index in [1.165, 1.54) is 60.1 Å². The van der Waals surface area contributed by atoms with Crippen molar-refractivity contribution in [2.75, 3.05) is 0 Å². The average Bonchev–Trinajstić information content (AvgIpc) is 3.35. The highest BCUT2D eigenvalue weighted by Gasteiger charge is 2.17. The highest BCUT2D eigenvalue weighted by molar-refractivity contribution is 6.30. The lowest BCUT2D eigenvalue weighted by molar-refractivity contribution is 1.18. The number of fused-ring (bicyclic) bond motifs is 9. The van der Waals surface area contributed by atoms with Gasteiger partial charge in [0.2, 0.25) is 0 Å². The van der Waals surface area contributed by atoms with Crippen molar-refractivity contribution >= 4 is 54.4 Å². The number of nitrogens with zero attached hydrogens (tertiary/aromatic N) is 1. The van der Waals surface area contributed by atoms with Crippen molar-refractivity contribution in [3.05, 3.63) is 103 Å². The van der Waals surface area contributed by atoms with Crippen molar-refractivity contribution in [1.29, 1.82) is 0 Å². The molecule has 7 aromatic rings. The summed E-state index contributed by atoms with van der Waals surface area (Å²) in [7, 11) is 0. The Labute approximate surface area is 173 Å². The minimum atomic E-state index is 1.19. The predicted molar refractivity (Wildman–Crippen MR) is 128 cm³/mol. The smallest absolute Gasteiger partial charge is 0.0548 e. The van der Waals surface area contributed by atoms with Crippen molar-refractivity contribution in [2.24, 2.45) is 0 Å². The molecule has 0 spiro atoms. The van der Waals surface area contributed by atoms with E-state index in [4.69, 9.17) is 0 Å². The molecule has 30 heavy (non-hydrogen) atoms. The zero-order valence-corrected chi connectivity index (χ0v) is 16.3. The van der Waals surface area contributed by atoms with E-state index >= 15 is 0 Å². The number of hydrogen-bond acceptors (Lipinski definition) is 0. The lowest BCUT2D eigenvalue weighted by atomic mass is 10.0. The summed E-state index contributed by atoms with van der Waals surface area (Å²) in [6, 6.07) is 36.9. The molecular formula is C28H18N2. The highest BCUT2D eigenvalue weighted by Crippen LogP contribution is 2.41. The first-order valence-corrected chi connectivity index (χ1v) is 10.3. The van der Waals surface area contributed by atoms with Crippen LogP contribution in [0.1, 0.15) is 0 Å². The summed E-state index contributed by atoms with van der Waals surface area (Å²) >= 11 is 0. The first-order valence-electron chi connectivity index (χ1n) is 10.3. The summed E-state index contributed by atoms with van der Waals surface area (Å²) < 4.78 is 2.38. The molecule has 1 N–H and O–H groups in total. The van der Waals surface area contributed by atoms with E-state index in [-0.39, 0.29) is 0 Å². The maximum absolute atomic E-state index is 3.72. The highest BCUT2D eigenvalue weighted by atomic mass is 15.0. The van der Waals surface area contributed by atoms with E-state index in [1.807, 2.05) is 0 Å². The Bertz CT molecular complexity index is 1730. The van der Waals surface area contributed by atoms with Crippen molar-refractivity contribution in [2.45, 2.75) is 0 Å². The molecule has 5 aromatic carbocycles. The third-order valence-electron chi connectivity index (χ3n) is 6.31. The van der Waals surface area contributed by atoms with Crippen molar-refractivity contribution in [1.82, 2.24) is 9.55 Å². The van der Waals surface area contributed by atoms with Crippen LogP contribution in [0.3, 0.4) is 0 Å². The standard InChI is InChI=1S/C28H18N2/c1-2-9-19(10-3-1)30-24-13-7-6-12-21(24)27-25(30)17-16-23-26(27)22-15-14-18-8-4-5-11-20(18)28(22)29-23/h1-17,29H. The van der Waals surface area contributed by atoms with Crippen LogP contribution in [0.2, 0.25) is 0 Å². The molecular weight excluding hydrogens is 364 g/mol. The molecule has 7 rings (SSSR count). The molecule has 140 valence electrons. The number of hydrogen-bond donors (Lipinski definition) is 1. The first kappa shape index (κ1) is 15.8. The van der Waals surface area contributed by atoms with Crippen LogP contribution in [0.4, 0.5) is 0 Å². The van der Waals surface area contributed by atoms with Gasteiger partial charge in [-0.25, -0.2) is 0 Å². The van der Waals surface area contributed by atoms with Gasteiger partial charge in [0, 0.05) is 38.1 Å². The average molecular weight is 382 g/mol. The van der Waals surface area contributed by atoms with E-state index in [1.54, 1.807) is 0 Å². The Kier molecular flexibility index (Phi) is 3.03. The van der Waals surface area contributed by atoms with E-state index in [0.717, 1.165) is 0 Å². The monoisotopic (exact) mass is 382 g/mol. The van der Waals surface area contributed by atoms with Gasteiger partial charge in [0.25, 0.3) is 0 Å². The largest absolute Gasteiger partial charge is 0.354 e. The molecule has 0 unspecified atom stereocenters. The topological polar surface area (TPSA) is 20.7 Å². The van der Waals surface area contributed by atoms with Crippen molar-refractivity contribution in [3.63, 3.8) is 0 Å². The predicted octanol–water partition coefficient (Wildman–Crippen LogP) is 7.57. The van der Waals surface area contributed by atoms with Crippen molar-refractivity contribution < 1.29 is 0 Å². The van der Waals surface area contributed by atoms with Crippen LogP contribution in [0.15, 0.2) is 103 Å². The molecule has 2 nitrogen and oxygen atoms in total. The zero-order valence-electron chi connectivity index (χ0n) is 16.3. The van der Waals surface area contributed by atoms with Gasteiger partial charge in [-0.1, -0.05) is 72.8 Å². The minimum Gasteiger partial charge on any atom is -0.354 e. The Morgan fingerprint density at radius 1 is 0.500 bits per heavy atom. The van der Waals surface area contributed by atoms with Gasteiger partial charge in [-0.2, -0.15) is 0 Å². The number of H-pyrrole nitrogens is 1. The molecule has 0 saturated carbocycles. The number of aromatic amines is 1. The van der Waals surface area contributed by atoms with Crippen LogP contribution in [0.25, 0.3) is 60.1 Å². The van der Waals surface area contributed by atoms with Gasteiger partial charge in [-0.05, 0) is 35.7 Å². The molecule has 2 heteroatoms. The lowest BCUT2D eigenvalue weighted by Gasteiger charge is -2.07. The van der Waals surface area contributed by atoms with Gasteiger partial charge in [-0.15, -0.1) is 0 Å². The Morgan fingerprint density at radius 2 is 1.27 bits per heavy atom. The van der Waals surface area contributed by atoms with Gasteiger partial charge in [0.05, 0.1) is 16.6 Å². The summed E-state index contributed by atoms with van der Waals surface area (Å²) in [6.45, 7) is 0. The molecule has 0 bridgehead atoms. The van der Waals surface area contributed by atoms with Gasteiger partial charge < -0.3 is 9.55 Å². The second-order valence-corrected chi connectivity index (χ2v) is 7.90. The van der Waals surface area contributed by atoms with E-state index in [0.29, 0.717) is 0 Å². The molecule has 2 aromatic heterocycles. The van der Waals surface area contributed by atoms with Crippen LogP contribution in [-0.2, 0) is 0 Å². The fraction of sp³-hybridized carbons (Fsp3) is 0. The Hall–Kier alpha value is -4.04. The van der Waals surface area contributed by atoms with Crippen LogP contribution >= 0.6 is 0 Å². The second kappa shape index (κ2) is 5.74. The summed E-state index contributed by atoms with van der Waals surface area (Å²) in [4.78, 5) is 3.72. The van der Waals surface area contributed by atoms with E-state index in [2.05, 4.69) is 113 Å². The third-order valence-corrected chi connectivity index (χ3v) is 6.31. The SMILES string of the molecule is c1ccc(-n2c3ccccc3c3c4c(ccc32)[nH]c2c3ccccc3ccc24)cc1. The molecule has 2 heterocycles. The number of nitrogens with one attached hydrogen (secondary N) is 1. The maximum atomic E-state index is 3.72. The minimum absolute atomic E-state index is 1.19. The molecule has 0 aliphatic rings. The molecule has 0 radical (unpaired) electrons. The van der Waals surface area contributed by atoms with Gasteiger partial charge in [0.1, 0.15) is 0 Å². The summed E-state index contributed by atoms with van der Waals surface area (Å²) in [5.74, 6) is 0. The third kappa shape index (κ3) is 1.98. The summed E-state index contributed by atoms with van der Waals surface area (Å²) in [5, 5.41) is 7.72. The van der Waals surface area contributed by atoms with Gasteiger partial charge >= 0.3 is 0 Å². The number of rotatable bonds is 1. The van der Waals surface area contributed by atoms with Crippen LogP contribution in [0, 0.1) is 0 Å². The van der Waals surface area contributed by atoms with E-state index in [9.17, 15) is 0 Å². The molecule has 0 aliphatic carbocycles. The number of para-hydroxylation sites is 2. The Balaban J connectivity index is 1.75. The molecule has 0 atom stereocenters. The summed E-state index contributed by atoms with van der Waals surface area (Å²) in [5.41, 5.74) is 6.07. The lowest BCUT2D eigenvalue weighted by Crippen LogP contribution is -1.92. The zero-order chi connectivity index (χ0) is 19.7. The molecule has 0 fully saturated rings.